The van der Waals surface area contributed by atoms with Gasteiger partial charge in [-0.25, -0.2) is 8.42 Å². The minimum atomic E-state index is -3.59. The Labute approximate surface area is 175 Å². The van der Waals surface area contributed by atoms with E-state index in [1.54, 1.807) is 28.6 Å². The molecule has 0 aliphatic carbocycles. The average Bonchev–Trinajstić information content (AvgIpc) is 2.63. The number of halogens is 1. The summed E-state index contributed by atoms with van der Waals surface area (Å²) in [5.74, 6) is 0.585. The molecule has 0 bridgehead atoms. The molecule has 1 N–H and O–H groups in total. The number of sulfonamides is 1. The van der Waals surface area contributed by atoms with E-state index < -0.39 is 10.0 Å². The Kier molecular flexibility index (Phi) is 7.53. The van der Waals surface area contributed by atoms with E-state index in [0.29, 0.717) is 37.0 Å². The van der Waals surface area contributed by atoms with Crippen LogP contribution in [0.2, 0.25) is 0 Å². The van der Waals surface area contributed by atoms with Gasteiger partial charge in [0, 0.05) is 43.8 Å². The lowest BCUT2D eigenvalue weighted by molar-refractivity contribution is 0.0602. The summed E-state index contributed by atoms with van der Waals surface area (Å²) in [6.45, 7) is 10.7. The number of carbonyl (C=O) groups excluding carboxylic acids is 1. The predicted molar refractivity (Wildman–Crippen MR) is 113 cm³/mol. The molecule has 0 aromatic heterocycles. The van der Waals surface area contributed by atoms with Gasteiger partial charge in [0.25, 0.3) is 5.91 Å². The zero-order valence-corrected chi connectivity index (χ0v) is 18.7. The Morgan fingerprint density at radius 3 is 2.39 bits per heavy atom. The van der Waals surface area contributed by atoms with Gasteiger partial charge in [-0.3, -0.25) is 4.79 Å². The predicted octanol–water partition coefficient (Wildman–Crippen LogP) is 2.60. The summed E-state index contributed by atoms with van der Waals surface area (Å²) >= 11 is 0. The van der Waals surface area contributed by atoms with E-state index in [4.69, 9.17) is 0 Å². The number of hydrogen-bond acceptors (Lipinski definition) is 4. The summed E-state index contributed by atoms with van der Waals surface area (Å²) in [7, 11) is -3.59. The normalized spacial score (nSPS) is 29.2. The first-order chi connectivity index (χ1) is 12.7. The lowest BCUT2D eigenvalue weighted by Crippen LogP contribution is -2.57. The minimum absolute atomic E-state index is 0. The summed E-state index contributed by atoms with van der Waals surface area (Å²) in [5.41, 5.74) is 0.440. The number of rotatable bonds is 3. The molecule has 4 unspecified atom stereocenters. The van der Waals surface area contributed by atoms with Crippen LogP contribution in [-0.4, -0.2) is 61.8 Å². The number of amides is 1. The molecule has 4 atom stereocenters. The second-order valence-corrected chi connectivity index (χ2v) is 10.2. The Morgan fingerprint density at radius 2 is 1.75 bits per heavy atom. The van der Waals surface area contributed by atoms with Crippen LogP contribution in [-0.2, 0) is 10.0 Å². The molecule has 1 aromatic rings. The van der Waals surface area contributed by atoms with Crippen molar-refractivity contribution in [1.29, 1.82) is 0 Å². The number of piperazine rings is 1. The Hall–Kier alpha value is -1.15. The van der Waals surface area contributed by atoms with Crippen LogP contribution in [0, 0.1) is 11.8 Å². The maximum atomic E-state index is 13.1. The molecule has 3 rings (SSSR count). The number of hydrogen-bond donors (Lipinski definition) is 1. The quantitative estimate of drug-likeness (QED) is 0.801. The third kappa shape index (κ3) is 4.70. The van der Waals surface area contributed by atoms with Crippen LogP contribution in [0.1, 0.15) is 44.5 Å². The van der Waals surface area contributed by atoms with Crippen molar-refractivity contribution in [1.82, 2.24) is 14.5 Å². The maximum Gasteiger partial charge on any atom is 0.254 e. The van der Waals surface area contributed by atoms with Crippen molar-refractivity contribution in [2.75, 3.05) is 26.2 Å². The molecule has 2 saturated heterocycles. The fraction of sp³-hybridized carbons (Fsp3) is 0.650. The van der Waals surface area contributed by atoms with Crippen LogP contribution in [0.3, 0.4) is 0 Å². The van der Waals surface area contributed by atoms with Gasteiger partial charge in [0.05, 0.1) is 4.90 Å². The van der Waals surface area contributed by atoms with Gasteiger partial charge in [-0.2, -0.15) is 4.31 Å². The largest absolute Gasteiger partial charge is 0.333 e. The Balaban J connectivity index is 0.00000280. The van der Waals surface area contributed by atoms with Crippen LogP contribution in [0.15, 0.2) is 29.2 Å². The van der Waals surface area contributed by atoms with E-state index in [-0.39, 0.29) is 35.3 Å². The molecule has 2 aliphatic heterocycles. The van der Waals surface area contributed by atoms with Crippen LogP contribution >= 0.6 is 12.4 Å². The van der Waals surface area contributed by atoms with E-state index >= 15 is 0 Å². The number of piperidine rings is 1. The van der Waals surface area contributed by atoms with Gasteiger partial charge in [0.15, 0.2) is 0 Å². The second-order valence-electron chi connectivity index (χ2n) is 8.28. The van der Waals surface area contributed by atoms with Gasteiger partial charge in [-0.15, -0.1) is 12.4 Å². The third-order valence-electron chi connectivity index (χ3n) is 5.85. The van der Waals surface area contributed by atoms with Crippen molar-refractivity contribution >= 4 is 28.3 Å². The lowest BCUT2D eigenvalue weighted by Gasteiger charge is -2.38. The summed E-state index contributed by atoms with van der Waals surface area (Å²) in [5, 5.41) is 3.36. The summed E-state index contributed by atoms with van der Waals surface area (Å²) in [6, 6.07) is 6.80. The number of benzene rings is 1. The molecule has 0 saturated carbocycles. The highest BCUT2D eigenvalue weighted by atomic mass is 35.5. The first kappa shape index (κ1) is 23.1. The molecule has 158 valence electrons. The Morgan fingerprint density at radius 1 is 1.11 bits per heavy atom. The monoisotopic (exact) mass is 429 g/mol. The molecule has 6 nitrogen and oxygen atoms in total. The highest BCUT2D eigenvalue weighted by Crippen LogP contribution is 2.27. The summed E-state index contributed by atoms with van der Waals surface area (Å²) in [6.07, 6.45) is 1.05. The van der Waals surface area contributed by atoms with Crippen molar-refractivity contribution in [2.24, 2.45) is 11.8 Å². The first-order valence-corrected chi connectivity index (χ1v) is 11.3. The van der Waals surface area contributed by atoms with E-state index in [9.17, 15) is 13.2 Å². The van der Waals surface area contributed by atoms with Gasteiger partial charge >= 0.3 is 0 Å². The maximum absolute atomic E-state index is 13.1. The minimum Gasteiger partial charge on any atom is -0.333 e. The molecule has 2 heterocycles. The van der Waals surface area contributed by atoms with Crippen molar-refractivity contribution in [2.45, 2.75) is 51.1 Å². The topological polar surface area (TPSA) is 69.7 Å². The van der Waals surface area contributed by atoms with Crippen molar-refractivity contribution in [3.63, 3.8) is 0 Å². The smallest absolute Gasteiger partial charge is 0.254 e. The third-order valence-corrected chi connectivity index (χ3v) is 7.68. The van der Waals surface area contributed by atoms with E-state index in [0.717, 1.165) is 13.0 Å². The molecule has 2 fully saturated rings. The standard InChI is InChI=1S/C20H31N3O3S.ClH/c1-14-10-15(2)13-22(12-14)27(25,26)19-7-5-6-18(11-19)20(24)23-9-8-21-16(3)17(23)4;/h5-7,11,14-17,21H,8-10,12-13H2,1-4H3;1H. The van der Waals surface area contributed by atoms with E-state index in [2.05, 4.69) is 26.1 Å². The number of nitrogens with one attached hydrogen (secondary N) is 1. The molecular weight excluding hydrogens is 398 g/mol. The highest BCUT2D eigenvalue weighted by molar-refractivity contribution is 7.89. The molecule has 1 aromatic carbocycles. The van der Waals surface area contributed by atoms with Crippen molar-refractivity contribution in [3.05, 3.63) is 29.8 Å². The van der Waals surface area contributed by atoms with Gasteiger partial charge in [0.2, 0.25) is 10.0 Å². The zero-order chi connectivity index (χ0) is 19.8. The van der Waals surface area contributed by atoms with Gasteiger partial charge < -0.3 is 10.2 Å². The fourth-order valence-corrected chi connectivity index (χ4v) is 5.98. The SMILES string of the molecule is CC1CC(C)CN(S(=O)(=O)c2cccc(C(=O)N3CCNC(C)C3C)c2)C1.Cl. The summed E-state index contributed by atoms with van der Waals surface area (Å²) in [4.78, 5) is 15.0. The second kappa shape index (κ2) is 9.11. The van der Waals surface area contributed by atoms with Gasteiger partial charge in [0.1, 0.15) is 0 Å². The molecule has 2 aliphatic rings. The number of nitrogens with zero attached hydrogens (tertiary/aromatic N) is 2. The molecule has 0 radical (unpaired) electrons. The number of carbonyl (C=O) groups is 1. The molecule has 0 spiro atoms. The van der Waals surface area contributed by atoms with Crippen LogP contribution in [0.4, 0.5) is 0 Å². The zero-order valence-electron chi connectivity index (χ0n) is 17.1. The van der Waals surface area contributed by atoms with E-state index in [1.807, 2.05) is 11.8 Å². The highest BCUT2D eigenvalue weighted by Gasteiger charge is 2.33. The van der Waals surface area contributed by atoms with E-state index in [1.165, 1.54) is 0 Å². The van der Waals surface area contributed by atoms with Crippen molar-refractivity contribution in [3.8, 4) is 0 Å². The van der Waals surface area contributed by atoms with Crippen molar-refractivity contribution < 1.29 is 13.2 Å². The fourth-order valence-electron chi connectivity index (χ4n) is 4.25. The average molecular weight is 430 g/mol. The molecule has 28 heavy (non-hydrogen) atoms. The summed E-state index contributed by atoms with van der Waals surface area (Å²) < 4.78 is 27.8. The van der Waals surface area contributed by atoms with Crippen LogP contribution in [0.5, 0.6) is 0 Å². The molecule has 1 amide bonds. The first-order valence-electron chi connectivity index (χ1n) is 9.84. The van der Waals surface area contributed by atoms with Gasteiger partial charge in [-0.05, 0) is 50.3 Å². The molecular formula is C20H32ClN3O3S. The lowest BCUT2D eigenvalue weighted by atomic mass is 9.94. The Bertz CT molecular complexity index is 792. The van der Waals surface area contributed by atoms with Crippen LogP contribution < -0.4 is 5.32 Å². The molecule has 8 heteroatoms. The van der Waals surface area contributed by atoms with Crippen LogP contribution in [0.25, 0.3) is 0 Å². The van der Waals surface area contributed by atoms with Gasteiger partial charge in [-0.1, -0.05) is 19.9 Å².